The Kier molecular flexibility index (Phi) is 4.68. The first-order valence-corrected chi connectivity index (χ1v) is 7.53. The molecule has 2 nitrogen and oxygen atoms in total. The summed E-state index contributed by atoms with van der Waals surface area (Å²) in [5.41, 5.74) is 2.67. The molecule has 0 spiro atoms. The number of benzene rings is 1. The van der Waals surface area contributed by atoms with E-state index >= 15 is 0 Å². The number of hydrogen-bond acceptors (Lipinski definition) is 2. The van der Waals surface area contributed by atoms with Crippen LogP contribution in [0.3, 0.4) is 0 Å². The van der Waals surface area contributed by atoms with E-state index in [1.54, 1.807) is 7.11 Å². The van der Waals surface area contributed by atoms with Gasteiger partial charge in [0.2, 0.25) is 0 Å². The zero-order valence-electron chi connectivity index (χ0n) is 11.4. The average molecular weight is 312 g/mol. The summed E-state index contributed by atoms with van der Waals surface area (Å²) in [4.78, 5) is 0. The van der Waals surface area contributed by atoms with Crippen LogP contribution in [0.1, 0.15) is 56.2 Å². The van der Waals surface area contributed by atoms with Crippen molar-refractivity contribution in [2.75, 3.05) is 13.7 Å². The molecule has 1 atom stereocenters. The normalized spacial score (nSPS) is 20.2. The van der Waals surface area contributed by atoms with Gasteiger partial charge in [0.25, 0.3) is 0 Å². The molecule has 0 radical (unpaired) electrons. The van der Waals surface area contributed by atoms with Crippen LogP contribution in [0.5, 0.6) is 5.75 Å². The number of hydrogen-bond donors (Lipinski definition) is 1. The van der Waals surface area contributed by atoms with Crippen molar-refractivity contribution in [2.45, 2.75) is 45.1 Å². The fourth-order valence-corrected chi connectivity index (χ4v) is 3.22. The number of methoxy groups -OCH3 is 1. The molecule has 18 heavy (non-hydrogen) atoms. The highest BCUT2D eigenvalue weighted by Gasteiger charge is 2.21. The van der Waals surface area contributed by atoms with Gasteiger partial charge in [-0.15, -0.1) is 0 Å². The lowest BCUT2D eigenvalue weighted by molar-refractivity contribution is 0.371. The second-order valence-corrected chi connectivity index (χ2v) is 6.14. The summed E-state index contributed by atoms with van der Waals surface area (Å²) in [5, 5.41) is 3.60. The third-order valence-electron chi connectivity index (χ3n) is 3.65. The van der Waals surface area contributed by atoms with Gasteiger partial charge in [-0.05, 0) is 52.9 Å². The largest absolute Gasteiger partial charge is 0.495 e. The first kappa shape index (κ1) is 13.9. The van der Waals surface area contributed by atoms with E-state index in [9.17, 15) is 0 Å². The molecular weight excluding hydrogens is 290 g/mol. The molecule has 100 valence electrons. The molecule has 2 rings (SSSR count). The number of ether oxygens (including phenoxy) is 1. The Hall–Kier alpha value is -0.540. The zero-order valence-corrected chi connectivity index (χ0v) is 13.0. The number of halogens is 1. The molecule has 1 unspecified atom stereocenters. The van der Waals surface area contributed by atoms with E-state index in [2.05, 4.69) is 47.2 Å². The van der Waals surface area contributed by atoms with Crippen LogP contribution in [-0.2, 0) is 0 Å². The maximum Gasteiger partial charge on any atom is 0.137 e. The summed E-state index contributed by atoms with van der Waals surface area (Å²) >= 11 is 3.64. The minimum atomic E-state index is 0.434. The quantitative estimate of drug-likeness (QED) is 0.893. The van der Waals surface area contributed by atoms with Crippen molar-refractivity contribution in [3.63, 3.8) is 0 Å². The summed E-state index contributed by atoms with van der Waals surface area (Å²) in [6.07, 6.45) is 3.78. The molecule has 3 heteroatoms. The Bertz CT molecular complexity index is 411. The number of rotatable bonds is 3. The molecule has 0 saturated carbocycles. The van der Waals surface area contributed by atoms with Crippen molar-refractivity contribution < 1.29 is 4.74 Å². The molecule has 0 aliphatic carbocycles. The summed E-state index contributed by atoms with van der Waals surface area (Å²) < 4.78 is 6.65. The van der Waals surface area contributed by atoms with Crippen LogP contribution >= 0.6 is 15.9 Å². The van der Waals surface area contributed by atoms with Crippen LogP contribution in [0.4, 0.5) is 0 Å². The fraction of sp³-hybridized carbons (Fsp3) is 0.600. The van der Waals surface area contributed by atoms with E-state index in [0.717, 1.165) is 16.8 Å². The van der Waals surface area contributed by atoms with Crippen LogP contribution in [0.15, 0.2) is 16.6 Å². The summed E-state index contributed by atoms with van der Waals surface area (Å²) in [7, 11) is 1.75. The van der Waals surface area contributed by atoms with E-state index in [1.165, 1.54) is 30.4 Å². The average Bonchev–Trinajstić information content (AvgIpc) is 2.38. The second-order valence-electron chi connectivity index (χ2n) is 5.28. The third kappa shape index (κ3) is 2.89. The van der Waals surface area contributed by atoms with Gasteiger partial charge in [0, 0.05) is 11.6 Å². The minimum absolute atomic E-state index is 0.434. The number of nitrogens with one attached hydrogen (secondary N) is 1. The fourth-order valence-electron chi connectivity index (χ4n) is 2.56. The molecule has 0 bridgehead atoms. The first-order chi connectivity index (χ1) is 8.63. The van der Waals surface area contributed by atoms with Crippen LogP contribution in [0, 0.1) is 0 Å². The molecule has 1 heterocycles. The molecular formula is C15H22BrNO. The zero-order chi connectivity index (χ0) is 13.1. The van der Waals surface area contributed by atoms with E-state index in [-0.39, 0.29) is 0 Å². The topological polar surface area (TPSA) is 21.3 Å². The van der Waals surface area contributed by atoms with Crippen LogP contribution in [-0.4, -0.2) is 13.7 Å². The van der Waals surface area contributed by atoms with Gasteiger partial charge in [-0.2, -0.15) is 0 Å². The monoisotopic (exact) mass is 311 g/mol. The smallest absolute Gasteiger partial charge is 0.137 e. The molecule has 1 fully saturated rings. The van der Waals surface area contributed by atoms with E-state index in [0.29, 0.717) is 12.0 Å². The molecule has 1 N–H and O–H groups in total. The summed E-state index contributed by atoms with van der Waals surface area (Å²) in [5.74, 6) is 1.52. The van der Waals surface area contributed by atoms with Crippen molar-refractivity contribution in [1.82, 2.24) is 5.32 Å². The maximum absolute atomic E-state index is 5.58. The third-order valence-corrected chi connectivity index (χ3v) is 4.24. The molecule has 1 aliphatic rings. The highest BCUT2D eigenvalue weighted by atomic mass is 79.9. The van der Waals surface area contributed by atoms with Gasteiger partial charge < -0.3 is 10.1 Å². The van der Waals surface area contributed by atoms with Crippen molar-refractivity contribution in [2.24, 2.45) is 0 Å². The van der Waals surface area contributed by atoms with Gasteiger partial charge in [0.15, 0.2) is 0 Å². The molecule has 1 aliphatic heterocycles. The molecule has 1 aromatic rings. The standard InChI is InChI=1S/C15H22BrNO/c1-10(2)11-8-12(14-6-4-5-7-17-14)15(18-3)13(16)9-11/h8-10,14,17H,4-7H2,1-3H3. The molecule has 0 aromatic heterocycles. The van der Waals surface area contributed by atoms with Crippen LogP contribution in [0.25, 0.3) is 0 Å². The van der Waals surface area contributed by atoms with Crippen molar-refractivity contribution in [1.29, 1.82) is 0 Å². The molecule has 1 aromatic carbocycles. The Labute approximate surface area is 118 Å². The lowest BCUT2D eigenvalue weighted by atomic mass is 9.92. The lowest BCUT2D eigenvalue weighted by Crippen LogP contribution is -2.27. The summed E-state index contributed by atoms with van der Waals surface area (Å²) in [6.45, 7) is 5.57. The highest BCUT2D eigenvalue weighted by Crippen LogP contribution is 2.38. The van der Waals surface area contributed by atoms with Gasteiger partial charge in [0.1, 0.15) is 5.75 Å². The Balaban J connectivity index is 2.41. The minimum Gasteiger partial charge on any atom is -0.495 e. The maximum atomic E-state index is 5.58. The van der Waals surface area contributed by atoms with Gasteiger partial charge in [-0.3, -0.25) is 0 Å². The SMILES string of the molecule is COc1c(Br)cc(C(C)C)cc1C1CCCCN1. The highest BCUT2D eigenvalue weighted by molar-refractivity contribution is 9.10. The van der Waals surface area contributed by atoms with Crippen molar-refractivity contribution in [3.05, 3.63) is 27.7 Å². The Morgan fingerprint density at radius 3 is 2.67 bits per heavy atom. The predicted molar refractivity (Wildman–Crippen MR) is 79.4 cm³/mol. The van der Waals surface area contributed by atoms with Gasteiger partial charge in [-0.1, -0.05) is 26.3 Å². The lowest BCUT2D eigenvalue weighted by Gasteiger charge is -2.27. The van der Waals surface area contributed by atoms with Crippen LogP contribution in [0.2, 0.25) is 0 Å². The Morgan fingerprint density at radius 1 is 1.33 bits per heavy atom. The van der Waals surface area contributed by atoms with Crippen LogP contribution < -0.4 is 10.1 Å². The van der Waals surface area contributed by atoms with E-state index in [1.807, 2.05) is 0 Å². The van der Waals surface area contributed by atoms with Gasteiger partial charge in [0.05, 0.1) is 11.6 Å². The van der Waals surface area contributed by atoms with Crippen molar-refractivity contribution >= 4 is 15.9 Å². The van der Waals surface area contributed by atoms with Crippen molar-refractivity contribution in [3.8, 4) is 5.75 Å². The van der Waals surface area contributed by atoms with Gasteiger partial charge in [-0.25, -0.2) is 0 Å². The number of piperidine rings is 1. The van der Waals surface area contributed by atoms with E-state index in [4.69, 9.17) is 4.74 Å². The summed E-state index contributed by atoms with van der Waals surface area (Å²) in [6, 6.07) is 4.91. The van der Waals surface area contributed by atoms with Gasteiger partial charge >= 0.3 is 0 Å². The van der Waals surface area contributed by atoms with E-state index < -0.39 is 0 Å². The Morgan fingerprint density at radius 2 is 2.11 bits per heavy atom. The first-order valence-electron chi connectivity index (χ1n) is 6.74. The molecule has 1 saturated heterocycles. The predicted octanol–water partition coefficient (Wildman–Crippen LogP) is 4.40. The molecule has 0 amide bonds. The second kappa shape index (κ2) is 6.07.